The summed E-state index contributed by atoms with van der Waals surface area (Å²) in [5.41, 5.74) is 1.01. The highest BCUT2D eigenvalue weighted by Crippen LogP contribution is 2.18. The van der Waals surface area contributed by atoms with Crippen LogP contribution in [0.1, 0.15) is 34.6 Å². The minimum atomic E-state index is -3.59. The second kappa shape index (κ2) is 6.33. The normalized spacial score (nSPS) is 12.9. The standard InChI is InChI=1S/C15H18N2O4S/c1-10-6-7-12(22(19,20)16-3)9-13(10)15(18)17-11(2)14-5-4-8-21-14/h4-9,11,16H,1-3H3,(H,17,18)/t11-/m1/s1. The maximum atomic E-state index is 12.4. The molecule has 0 radical (unpaired) electrons. The quantitative estimate of drug-likeness (QED) is 0.881. The zero-order valence-electron chi connectivity index (χ0n) is 12.6. The topological polar surface area (TPSA) is 88.4 Å². The third kappa shape index (κ3) is 3.37. The maximum absolute atomic E-state index is 12.4. The van der Waals surface area contributed by atoms with Crippen LogP contribution in [0.25, 0.3) is 0 Å². The summed E-state index contributed by atoms with van der Waals surface area (Å²) in [6, 6.07) is 7.63. The van der Waals surface area contributed by atoms with Gasteiger partial charge in [-0.1, -0.05) is 6.07 Å². The third-order valence-electron chi connectivity index (χ3n) is 3.35. The molecule has 0 spiro atoms. The number of nitrogens with one attached hydrogen (secondary N) is 2. The van der Waals surface area contributed by atoms with Crippen molar-refractivity contribution in [3.63, 3.8) is 0 Å². The summed E-state index contributed by atoms with van der Waals surface area (Å²) in [5, 5.41) is 2.79. The van der Waals surface area contributed by atoms with Gasteiger partial charge in [0.05, 0.1) is 17.2 Å². The van der Waals surface area contributed by atoms with E-state index >= 15 is 0 Å². The van der Waals surface area contributed by atoms with E-state index in [1.165, 1.54) is 25.4 Å². The van der Waals surface area contributed by atoms with E-state index in [2.05, 4.69) is 10.0 Å². The van der Waals surface area contributed by atoms with Crippen LogP contribution in [0.5, 0.6) is 0 Å². The molecule has 6 nitrogen and oxygen atoms in total. The van der Waals surface area contributed by atoms with Gasteiger partial charge in [0, 0.05) is 5.56 Å². The molecule has 22 heavy (non-hydrogen) atoms. The van der Waals surface area contributed by atoms with Crippen LogP contribution in [0.15, 0.2) is 45.9 Å². The summed E-state index contributed by atoms with van der Waals surface area (Å²) in [7, 11) is -2.26. The van der Waals surface area contributed by atoms with Crippen molar-refractivity contribution in [1.29, 1.82) is 0 Å². The molecule has 0 bridgehead atoms. The van der Waals surface area contributed by atoms with Gasteiger partial charge in [0.25, 0.3) is 5.91 Å². The Labute approximate surface area is 129 Å². The van der Waals surface area contributed by atoms with Gasteiger partial charge in [0.15, 0.2) is 0 Å². The average molecular weight is 322 g/mol. The number of hydrogen-bond acceptors (Lipinski definition) is 4. The first kappa shape index (κ1) is 16.3. The Balaban J connectivity index is 2.28. The fourth-order valence-electron chi connectivity index (χ4n) is 2.01. The number of rotatable bonds is 5. The predicted octanol–water partition coefficient (Wildman–Crippen LogP) is 1.99. The molecule has 1 atom stereocenters. The number of amides is 1. The summed E-state index contributed by atoms with van der Waals surface area (Å²) in [6.45, 7) is 3.54. The van der Waals surface area contributed by atoms with Gasteiger partial charge >= 0.3 is 0 Å². The summed E-state index contributed by atoms with van der Waals surface area (Å²) in [4.78, 5) is 12.4. The monoisotopic (exact) mass is 322 g/mol. The molecule has 0 aliphatic carbocycles. The van der Waals surface area contributed by atoms with E-state index in [4.69, 9.17) is 4.42 Å². The first-order valence-corrected chi connectivity index (χ1v) is 8.22. The number of hydrogen-bond donors (Lipinski definition) is 2. The van der Waals surface area contributed by atoms with Crippen LogP contribution < -0.4 is 10.0 Å². The van der Waals surface area contributed by atoms with Crippen molar-refractivity contribution >= 4 is 15.9 Å². The Kier molecular flexibility index (Phi) is 4.68. The molecule has 1 amide bonds. The zero-order valence-corrected chi connectivity index (χ0v) is 13.4. The second-order valence-electron chi connectivity index (χ2n) is 4.89. The molecule has 0 aliphatic rings. The highest BCUT2D eigenvalue weighted by Gasteiger charge is 2.18. The van der Waals surface area contributed by atoms with Gasteiger partial charge < -0.3 is 9.73 Å². The number of benzene rings is 1. The molecule has 7 heteroatoms. The van der Waals surface area contributed by atoms with Crippen LogP contribution in [0.2, 0.25) is 0 Å². The molecule has 0 saturated heterocycles. The minimum absolute atomic E-state index is 0.0522. The molecular weight excluding hydrogens is 304 g/mol. The predicted molar refractivity (Wildman–Crippen MR) is 82.0 cm³/mol. The SMILES string of the molecule is CNS(=O)(=O)c1ccc(C)c(C(=O)N[C@H](C)c2ccco2)c1. The number of furan rings is 1. The molecule has 1 heterocycles. The van der Waals surface area contributed by atoms with Gasteiger partial charge in [-0.15, -0.1) is 0 Å². The molecule has 0 aliphatic heterocycles. The Morgan fingerprint density at radius 2 is 2.00 bits per heavy atom. The van der Waals surface area contributed by atoms with Crippen LogP contribution in [0, 0.1) is 6.92 Å². The van der Waals surface area contributed by atoms with Crippen LogP contribution in [0.4, 0.5) is 0 Å². The largest absolute Gasteiger partial charge is 0.467 e. The van der Waals surface area contributed by atoms with E-state index < -0.39 is 10.0 Å². The molecule has 0 unspecified atom stereocenters. The Morgan fingerprint density at radius 1 is 1.27 bits per heavy atom. The lowest BCUT2D eigenvalue weighted by Gasteiger charge is -2.14. The van der Waals surface area contributed by atoms with Gasteiger partial charge in [-0.2, -0.15) is 0 Å². The van der Waals surface area contributed by atoms with Crippen LogP contribution in [-0.4, -0.2) is 21.4 Å². The van der Waals surface area contributed by atoms with Gasteiger partial charge in [0.1, 0.15) is 5.76 Å². The number of carbonyl (C=O) groups is 1. The van der Waals surface area contributed by atoms with Crippen molar-refractivity contribution in [2.45, 2.75) is 24.8 Å². The van der Waals surface area contributed by atoms with Crippen LogP contribution >= 0.6 is 0 Å². The Morgan fingerprint density at radius 3 is 2.59 bits per heavy atom. The van der Waals surface area contributed by atoms with Crippen molar-refractivity contribution in [1.82, 2.24) is 10.0 Å². The molecule has 118 valence electrons. The first-order valence-electron chi connectivity index (χ1n) is 6.73. The van der Waals surface area contributed by atoms with E-state index in [1.54, 1.807) is 32.0 Å². The summed E-state index contributed by atoms with van der Waals surface area (Å²) in [6.07, 6.45) is 1.53. The van der Waals surface area contributed by atoms with Gasteiger partial charge in [-0.25, -0.2) is 13.1 Å². The molecule has 2 N–H and O–H groups in total. The highest BCUT2D eigenvalue weighted by atomic mass is 32.2. The number of sulfonamides is 1. The molecule has 1 aromatic carbocycles. The van der Waals surface area contributed by atoms with Gasteiger partial charge in [0.2, 0.25) is 10.0 Å². The lowest BCUT2D eigenvalue weighted by Crippen LogP contribution is -2.27. The van der Waals surface area contributed by atoms with Crippen molar-refractivity contribution in [3.05, 3.63) is 53.5 Å². The smallest absolute Gasteiger partial charge is 0.252 e. The first-order chi connectivity index (χ1) is 10.3. The van der Waals surface area contributed by atoms with E-state index in [1.807, 2.05) is 0 Å². The van der Waals surface area contributed by atoms with E-state index in [9.17, 15) is 13.2 Å². The van der Waals surface area contributed by atoms with E-state index in [0.29, 0.717) is 16.9 Å². The van der Waals surface area contributed by atoms with Crippen LogP contribution in [0.3, 0.4) is 0 Å². The number of carbonyl (C=O) groups excluding carboxylic acids is 1. The fraction of sp³-hybridized carbons (Fsp3) is 0.267. The third-order valence-corrected chi connectivity index (χ3v) is 4.76. The van der Waals surface area contributed by atoms with Crippen molar-refractivity contribution in [2.75, 3.05) is 7.05 Å². The number of aryl methyl sites for hydroxylation is 1. The highest BCUT2D eigenvalue weighted by molar-refractivity contribution is 7.89. The fourth-order valence-corrected chi connectivity index (χ4v) is 2.77. The lowest BCUT2D eigenvalue weighted by atomic mass is 10.1. The molecule has 2 rings (SSSR count). The summed E-state index contributed by atoms with van der Waals surface area (Å²) >= 11 is 0. The van der Waals surface area contributed by atoms with Crippen molar-refractivity contribution in [3.8, 4) is 0 Å². The van der Waals surface area contributed by atoms with E-state index in [-0.39, 0.29) is 16.8 Å². The van der Waals surface area contributed by atoms with Crippen LogP contribution in [-0.2, 0) is 10.0 Å². The summed E-state index contributed by atoms with van der Waals surface area (Å²) < 4.78 is 31.1. The second-order valence-corrected chi connectivity index (χ2v) is 6.78. The molecule has 1 aromatic heterocycles. The average Bonchev–Trinajstić information content (AvgIpc) is 3.01. The summed E-state index contributed by atoms with van der Waals surface area (Å²) in [5.74, 6) is 0.277. The lowest BCUT2D eigenvalue weighted by molar-refractivity contribution is 0.0934. The molecular formula is C15H18N2O4S. The Bertz CT molecular complexity index is 767. The van der Waals surface area contributed by atoms with Crippen molar-refractivity contribution in [2.24, 2.45) is 0 Å². The molecule has 0 fully saturated rings. The van der Waals surface area contributed by atoms with Gasteiger partial charge in [-0.3, -0.25) is 4.79 Å². The Hall–Kier alpha value is -2.12. The van der Waals surface area contributed by atoms with E-state index in [0.717, 1.165) is 0 Å². The molecule has 2 aromatic rings. The zero-order chi connectivity index (χ0) is 16.3. The van der Waals surface area contributed by atoms with Crippen molar-refractivity contribution < 1.29 is 17.6 Å². The minimum Gasteiger partial charge on any atom is -0.467 e. The molecule has 0 saturated carbocycles. The van der Waals surface area contributed by atoms with Gasteiger partial charge in [-0.05, 0) is 50.7 Å². The maximum Gasteiger partial charge on any atom is 0.252 e.